The lowest BCUT2D eigenvalue weighted by atomic mass is 9.83. The van der Waals surface area contributed by atoms with Gasteiger partial charge in [0.25, 0.3) is 0 Å². The molecule has 2 nitrogen and oxygen atoms in total. The maximum Gasteiger partial charge on any atom is 0.231 e. The van der Waals surface area contributed by atoms with Gasteiger partial charge in [0.05, 0.1) is 0 Å². The maximum atomic E-state index is 11.7. The standard InChI is InChI=1S/C12H19NO/c1-5-10-7-12(3,4)8-11(14)13(6-2)9-10/h6,9H,2,5,7-8H2,1,3-4H3. The van der Waals surface area contributed by atoms with E-state index in [1.807, 2.05) is 6.20 Å². The molecule has 1 heterocycles. The summed E-state index contributed by atoms with van der Waals surface area (Å²) >= 11 is 0. The van der Waals surface area contributed by atoms with Gasteiger partial charge in [0.2, 0.25) is 5.91 Å². The Bertz CT molecular complexity index is 276. The first kappa shape index (κ1) is 11.0. The molecular formula is C12H19NO. The van der Waals surface area contributed by atoms with Crippen molar-refractivity contribution in [2.24, 2.45) is 5.41 Å². The summed E-state index contributed by atoms with van der Waals surface area (Å²) in [6.07, 6.45) is 6.13. The van der Waals surface area contributed by atoms with E-state index >= 15 is 0 Å². The molecule has 0 atom stereocenters. The van der Waals surface area contributed by atoms with Crippen LogP contribution in [0.1, 0.15) is 40.0 Å². The molecule has 0 aliphatic carbocycles. The molecule has 1 aliphatic rings. The van der Waals surface area contributed by atoms with Crippen LogP contribution in [-0.2, 0) is 4.79 Å². The van der Waals surface area contributed by atoms with Gasteiger partial charge in [-0.3, -0.25) is 9.69 Å². The van der Waals surface area contributed by atoms with Crippen molar-refractivity contribution >= 4 is 5.91 Å². The molecule has 0 aromatic heterocycles. The summed E-state index contributed by atoms with van der Waals surface area (Å²) in [7, 11) is 0. The van der Waals surface area contributed by atoms with Crippen LogP contribution >= 0.6 is 0 Å². The van der Waals surface area contributed by atoms with E-state index in [1.54, 1.807) is 11.1 Å². The third-order valence-corrected chi connectivity index (χ3v) is 2.60. The van der Waals surface area contributed by atoms with Gasteiger partial charge in [0, 0.05) is 18.8 Å². The van der Waals surface area contributed by atoms with Gasteiger partial charge in [-0.1, -0.05) is 32.9 Å². The van der Waals surface area contributed by atoms with E-state index in [0.717, 1.165) is 12.8 Å². The second-order valence-electron chi connectivity index (χ2n) is 4.64. The molecular weight excluding hydrogens is 174 g/mol. The Balaban J connectivity index is 2.96. The molecule has 0 aromatic carbocycles. The van der Waals surface area contributed by atoms with Crippen molar-refractivity contribution in [2.45, 2.75) is 40.0 Å². The van der Waals surface area contributed by atoms with Crippen LogP contribution in [0.25, 0.3) is 0 Å². The van der Waals surface area contributed by atoms with E-state index in [4.69, 9.17) is 0 Å². The molecule has 14 heavy (non-hydrogen) atoms. The zero-order chi connectivity index (χ0) is 10.8. The van der Waals surface area contributed by atoms with Crippen LogP contribution in [0.2, 0.25) is 0 Å². The van der Waals surface area contributed by atoms with Gasteiger partial charge < -0.3 is 0 Å². The predicted octanol–water partition coefficient (Wildman–Crippen LogP) is 3.07. The van der Waals surface area contributed by atoms with E-state index in [9.17, 15) is 4.79 Å². The molecule has 0 saturated heterocycles. The molecule has 1 rings (SSSR count). The minimum absolute atomic E-state index is 0.0800. The van der Waals surface area contributed by atoms with Crippen molar-refractivity contribution in [3.8, 4) is 0 Å². The van der Waals surface area contributed by atoms with Gasteiger partial charge >= 0.3 is 0 Å². The maximum absolute atomic E-state index is 11.7. The van der Waals surface area contributed by atoms with Gasteiger partial charge in [0.1, 0.15) is 0 Å². The summed E-state index contributed by atoms with van der Waals surface area (Å²) in [4.78, 5) is 13.4. The molecule has 1 amide bonds. The Morgan fingerprint density at radius 3 is 2.71 bits per heavy atom. The molecule has 0 aromatic rings. The lowest BCUT2D eigenvalue weighted by Crippen LogP contribution is -2.23. The summed E-state index contributed by atoms with van der Waals surface area (Å²) in [5.74, 6) is 0.147. The fraction of sp³-hybridized carbons (Fsp3) is 0.583. The largest absolute Gasteiger partial charge is 0.295 e. The van der Waals surface area contributed by atoms with Crippen LogP contribution in [0.4, 0.5) is 0 Å². The fourth-order valence-electron chi connectivity index (χ4n) is 1.86. The molecule has 0 radical (unpaired) electrons. The Kier molecular flexibility index (Phi) is 3.14. The lowest BCUT2D eigenvalue weighted by molar-refractivity contribution is -0.128. The topological polar surface area (TPSA) is 20.3 Å². The Labute approximate surface area is 86.3 Å². The van der Waals surface area contributed by atoms with Crippen molar-refractivity contribution in [1.82, 2.24) is 4.90 Å². The zero-order valence-corrected chi connectivity index (χ0v) is 9.34. The van der Waals surface area contributed by atoms with E-state index < -0.39 is 0 Å². The quantitative estimate of drug-likeness (QED) is 0.660. The lowest BCUT2D eigenvalue weighted by Gasteiger charge is -2.22. The highest BCUT2D eigenvalue weighted by molar-refractivity contribution is 5.79. The Morgan fingerprint density at radius 1 is 1.57 bits per heavy atom. The Hall–Kier alpha value is -1.05. The van der Waals surface area contributed by atoms with Crippen molar-refractivity contribution in [2.75, 3.05) is 0 Å². The van der Waals surface area contributed by atoms with Crippen LogP contribution in [-0.4, -0.2) is 10.8 Å². The highest BCUT2D eigenvalue weighted by Gasteiger charge is 2.28. The monoisotopic (exact) mass is 193 g/mol. The van der Waals surface area contributed by atoms with Gasteiger partial charge in [-0.05, 0) is 18.3 Å². The molecule has 1 aliphatic heterocycles. The molecule has 78 valence electrons. The third kappa shape index (κ3) is 2.47. The number of allylic oxidation sites excluding steroid dienone is 1. The number of hydrogen-bond acceptors (Lipinski definition) is 1. The van der Waals surface area contributed by atoms with Gasteiger partial charge in [-0.25, -0.2) is 0 Å². The normalized spacial score (nSPS) is 21.5. The van der Waals surface area contributed by atoms with Crippen molar-refractivity contribution in [3.05, 3.63) is 24.6 Å². The number of carbonyl (C=O) groups is 1. The number of rotatable bonds is 2. The number of nitrogens with zero attached hydrogens (tertiary/aromatic N) is 1. The predicted molar refractivity (Wildman–Crippen MR) is 58.4 cm³/mol. The van der Waals surface area contributed by atoms with Crippen LogP contribution < -0.4 is 0 Å². The molecule has 0 unspecified atom stereocenters. The summed E-state index contributed by atoms with van der Waals surface area (Å²) in [5.41, 5.74) is 1.40. The van der Waals surface area contributed by atoms with Crippen molar-refractivity contribution < 1.29 is 4.79 Å². The average molecular weight is 193 g/mol. The first-order valence-corrected chi connectivity index (χ1v) is 5.12. The van der Waals surface area contributed by atoms with Crippen molar-refractivity contribution in [3.63, 3.8) is 0 Å². The van der Waals surface area contributed by atoms with Crippen LogP contribution in [0, 0.1) is 5.41 Å². The van der Waals surface area contributed by atoms with Crippen LogP contribution in [0.5, 0.6) is 0 Å². The summed E-state index contributed by atoms with van der Waals surface area (Å²) in [5, 5.41) is 0. The van der Waals surface area contributed by atoms with Crippen molar-refractivity contribution in [1.29, 1.82) is 0 Å². The first-order chi connectivity index (χ1) is 6.48. The van der Waals surface area contributed by atoms with Gasteiger partial charge in [0.15, 0.2) is 0 Å². The fourth-order valence-corrected chi connectivity index (χ4v) is 1.86. The van der Waals surface area contributed by atoms with E-state index in [0.29, 0.717) is 6.42 Å². The van der Waals surface area contributed by atoms with E-state index in [-0.39, 0.29) is 11.3 Å². The summed E-state index contributed by atoms with van der Waals surface area (Å²) in [6.45, 7) is 10.1. The summed E-state index contributed by atoms with van der Waals surface area (Å²) in [6, 6.07) is 0. The highest BCUT2D eigenvalue weighted by atomic mass is 16.2. The molecule has 2 heteroatoms. The minimum Gasteiger partial charge on any atom is -0.295 e. The van der Waals surface area contributed by atoms with Crippen LogP contribution in [0.3, 0.4) is 0 Å². The van der Waals surface area contributed by atoms with E-state index in [2.05, 4.69) is 27.4 Å². The molecule has 0 fully saturated rings. The Morgan fingerprint density at radius 2 is 2.21 bits per heavy atom. The minimum atomic E-state index is 0.0800. The van der Waals surface area contributed by atoms with Crippen LogP contribution in [0.15, 0.2) is 24.6 Å². The molecule has 0 N–H and O–H groups in total. The number of carbonyl (C=O) groups excluding carboxylic acids is 1. The smallest absolute Gasteiger partial charge is 0.231 e. The van der Waals surface area contributed by atoms with Gasteiger partial charge in [-0.2, -0.15) is 0 Å². The average Bonchev–Trinajstić information content (AvgIpc) is 2.20. The zero-order valence-electron chi connectivity index (χ0n) is 9.34. The molecule has 0 bridgehead atoms. The highest BCUT2D eigenvalue weighted by Crippen LogP contribution is 2.33. The van der Waals surface area contributed by atoms with E-state index in [1.165, 1.54) is 5.57 Å². The third-order valence-electron chi connectivity index (χ3n) is 2.60. The molecule has 0 spiro atoms. The first-order valence-electron chi connectivity index (χ1n) is 5.12. The SMILES string of the molecule is C=CN1C=C(CC)CC(C)(C)CC1=O. The van der Waals surface area contributed by atoms with Gasteiger partial charge in [-0.15, -0.1) is 0 Å². The second kappa shape index (κ2) is 3.99. The summed E-state index contributed by atoms with van der Waals surface area (Å²) < 4.78 is 0. The number of amides is 1. The second-order valence-corrected chi connectivity index (χ2v) is 4.64. The molecule has 0 saturated carbocycles. The number of hydrogen-bond donors (Lipinski definition) is 0.